The van der Waals surface area contributed by atoms with Gasteiger partial charge in [0.05, 0.1) is 0 Å². The molecule has 0 spiro atoms. The predicted octanol–water partition coefficient (Wildman–Crippen LogP) is 3.52. The Bertz CT molecular complexity index is 399. The maximum Gasteiger partial charge on any atom is 0.226 e. The maximum atomic E-state index is 13.3. The number of carbonyl (C=O) groups is 2. The number of Topliss-reactive ketones (excluding diaryl/α,β-unsaturated/α-hetero) is 1. The maximum absolute atomic E-state index is 13.3. The molecule has 1 N–H and O–H groups in total. The van der Waals surface area contributed by atoms with E-state index < -0.39 is 0 Å². The Morgan fingerprint density at radius 1 is 1.21 bits per heavy atom. The van der Waals surface area contributed by atoms with Gasteiger partial charge in [-0.05, 0) is 49.1 Å². The Morgan fingerprint density at radius 2 is 1.84 bits per heavy atom. The van der Waals surface area contributed by atoms with E-state index in [0.29, 0.717) is 17.7 Å². The molecule has 106 valence electrons. The second-order valence-electron chi connectivity index (χ2n) is 3.76. The number of halogens is 1. The normalized spacial score (nSPS) is 9.32. The topological polar surface area (TPSA) is 46.2 Å². The summed E-state index contributed by atoms with van der Waals surface area (Å²) in [5.74, 6) is -0.478. The smallest absolute Gasteiger partial charge is 0.226 e. The zero-order chi connectivity index (χ0) is 14.8. The number of benzene rings is 1. The molecule has 0 bridgehead atoms. The largest absolute Gasteiger partial charge is 0.300 e. The molecule has 0 aromatic heterocycles. The van der Waals surface area contributed by atoms with E-state index >= 15 is 0 Å². The van der Waals surface area contributed by atoms with Gasteiger partial charge in [0.15, 0.2) is 0 Å². The van der Waals surface area contributed by atoms with Crippen molar-refractivity contribution in [2.45, 2.75) is 45.4 Å². The van der Waals surface area contributed by atoms with Crippen molar-refractivity contribution in [2.24, 2.45) is 0 Å². The molecule has 0 atom stereocenters. The molecule has 0 fully saturated rings. The minimum absolute atomic E-state index is 0.0744. The van der Waals surface area contributed by atoms with E-state index in [2.05, 4.69) is 4.72 Å². The van der Waals surface area contributed by atoms with E-state index in [4.69, 9.17) is 0 Å². The van der Waals surface area contributed by atoms with Gasteiger partial charge in [-0.2, -0.15) is 0 Å². The van der Waals surface area contributed by atoms with Crippen LogP contribution in [0, 0.1) is 5.82 Å². The molecule has 0 aliphatic rings. The molecule has 0 saturated heterocycles. The molecular weight excluding hydrogens is 265 g/mol. The summed E-state index contributed by atoms with van der Waals surface area (Å²) in [4.78, 5) is 22.2. The van der Waals surface area contributed by atoms with Crippen molar-refractivity contribution in [3.63, 3.8) is 0 Å². The summed E-state index contributed by atoms with van der Waals surface area (Å²) in [6.45, 7) is 6.90. The molecule has 0 aliphatic heterocycles. The Morgan fingerprint density at radius 3 is 2.37 bits per heavy atom. The summed E-state index contributed by atoms with van der Waals surface area (Å²) in [6, 6.07) is 4.52. The van der Waals surface area contributed by atoms with Gasteiger partial charge in [0.25, 0.3) is 0 Å². The number of rotatable bonds is 5. The lowest BCUT2D eigenvalue weighted by molar-refractivity contribution is -0.117. The summed E-state index contributed by atoms with van der Waals surface area (Å²) in [5.41, 5.74) is 0.757. The number of hydrogen-bond acceptors (Lipinski definition) is 3. The zero-order valence-corrected chi connectivity index (χ0v) is 12.6. The van der Waals surface area contributed by atoms with Crippen LogP contribution in [0.5, 0.6) is 0 Å². The van der Waals surface area contributed by atoms with Gasteiger partial charge in [-0.1, -0.05) is 13.8 Å². The molecule has 0 radical (unpaired) electrons. The van der Waals surface area contributed by atoms with Crippen LogP contribution in [-0.2, 0) is 16.0 Å². The zero-order valence-electron chi connectivity index (χ0n) is 11.7. The fourth-order valence-corrected chi connectivity index (χ4v) is 1.92. The van der Waals surface area contributed by atoms with Crippen LogP contribution in [0.4, 0.5) is 4.39 Å². The van der Waals surface area contributed by atoms with Crippen LogP contribution < -0.4 is 4.72 Å². The number of carbonyl (C=O) groups excluding carboxylic acids is 2. The molecule has 19 heavy (non-hydrogen) atoms. The van der Waals surface area contributed by atoms with E-state index in [1.807, 2.05) is 13.8 Å². The first-order chi connectivity index (χ1) is 8.97. The number of hydrogen-bond donors (Lipinski definition) is 1. The molecule has 3 nitrogen and oxygen atoms in total. The van der Waals surface area contributed by atoms with Gasteiger partial charge in [-0.15, -0.1) is 0 Å². The lowest BCUT2D eigenvalue weighted by atomic mass is 10.1. The van der Waals surface area contributed by atoms with Crippen molar-refractivity contribution >= 4 is 23.6 Å². The van der Waals surface area contributed by atoms with Gasteiger partial charge in [0.2, 0.25) is 5.91 Å². The van der Waals surface area contributed by atoms with Crippen LogP contribution in [0.1, 0.15) is 39.7 Å². The standard InChI is InChI=1S/C12H14FNO2S.C2H6/c1-8(15)3-4-10-5-11(13)7-12(6-10)17-14-9(2)16;1-2/h5-7H,3-4H2,1-2H3,(H,14,16);1-2H3. The molecular formula is C14H20FNO2S. The second-order valence-corrected chi connectivity index (χ2v) is 4.64. The Kier molecular flexibility index (Phi) is 8.87. The fraction of sp³-hybridized carbons (Fsp3) is 0.429. The van der Waals surface area contributed by atoms with Gasteiger partial charge in [0.1, 0.15) is 11.6 Å². The van der Waals surface area contributed by atoms with Gasteiger partial charge >= 0.3 is 0 Å². The summed E-state index contributed by atoms with van der Waals surface area (Å²) < 4.78 is 15.8. The summed E-state index contributed by atoms with van der Waals surface area (Å²) in [6.07, 6.45) is 0.911. The van der Waals surface area contributed by atoms with E-state index in [1.165, 1.54) is 26.0 Å². The highest BCUT2D eigenvalue weighted by Gasteiger charge is 2.04. The fourth-order valence-electron chi connectivity index (χ4n) is 1.28. The van der Waals surface area contributed by atoms with Crippen molar-refractivity contribution in [3.05, 3.63) is 29.6 Å². The summed E-state index contributed by atoms with van der Waals surface area (Å²) >= 11 is 1.07. The summed E-state index contributed by atoms with van der Waals surface area (Å²) in [5, 5.41) is 0. The third-order valence-corrected chi connectivity index (χ3v) is 2.87. The van der Waals surface area contributed by atoms with Crippen molar-refractivity contribution < 1.29 is 14.0 Å². The van der Waals surface area contributed by atoms with Crippen molar-refractivity contribution in [1.29, 1.82) is 0 Å². The van der Waals surface area contributed by atoms with Crippen LogP contribution in [0.15, 0.2) is 23.1 Å². The van der Waals surface area contributed by atoms with Crippen LogP contribution >= 0.6 is 11.9 Å². The Balaban J connectivity index is 0.00000154. The van der Waals surface area contributed by atoms with Crippen LogP contribution in [0.2, 0.25) is 0 Å². The highest BCUT2D eigenvalue weighted by atomic mass is 32.2. The molecule has 0 aliphatic carbocycles. The van der Waals surface area contributed by atoms with Crippen LogP contribution in [-0.4, -0.2) is 11.7 Å². The number of ketones is 1. The number of amides is 1. The minimum Gasteiger partial charge on any atom is -0.300 e. The van der Waals surface area contributed by atoms with Crippen molar-refractivity contribution in [2.75, 3.05) is 0 Å². The van der Waals surface area contributed by atoms with Crippen molar-refractivity contribution in [3.8, 4) is 0 Å². The molecule has 5 heteroatoms. The van der Waals surface area contributed by atoms with E-state index in [0.717, 1.165) is 17.5 Å². The summed E-state index contributed by atoms with van der Waals surface area (Å²) in [7, 11) is 0. The predicted molar refractivity (Wildman–Crippen MR) is 76.4 cm³/mol. The SMILES string of the molecule is CC.CC(=O)CCc1cc(F)cc(SNC(C)=O)c1. The lowest BCUT2D eigenvalue weighted by Crippen LogP contribution is -2.09. The van der Waals surface area contributed by atoms with Gasteiger partial charge in [-0.3, -0.25) is 9.52 Å². The van der Waals surface area contributed by atoms with Gasteiger partial charge in [0, 0.05) is 18.2 Å². The van der Waals surface area contributed by atoms with Gasteiger partial charge < -0.3 is 4.79 Å². The van der Waals surface area contributed by atoms with E-state index in [9.17, 15) is 14.0 Å². The highest BCUT2D eigenvalue weighted by molar-refractivity contribution is 7.98. The first kappa shape index (κ1) is 17.6. The molecule has 0 unspecified atom stereocenters. The van der Waals surface area contributed by atoms with Crippen molar-refractivity contribution in [1.82, 2.24) is 4.72 Å². The molecule has 1 rings (SSSR count). The first-order valence-electron chi connectivity index (χ1n) is 6.19. The average Bonchev–Trinajstić information content (AvgIpc) is 2.36. The highest BCUT2D eigenvalue weighted by Crippen LogP contribution is 2.19. The lowest BCUT2D eigenvalue weighted by Gasteiger charge is -2.05. The molecule has 0 saturated carbocycles. The second kappa shape index (κ2) is 9.55. The molecule has 1 amide bonds. The Labute approximate surface area is 118 Å². The monoisotopic (exact) mass is 285 g/mol. The van der Waals surface area contributed by atoms with Gasteiger partial charge in [-0.25, -0.2) is 4.39 Å². The third-order valence-electron chi connectivity index (χ3n) is 2.01. The molecule has 1 aromatic rings. The minimum atomic E-state index is -0.362. The first-order valence-corrected chi connectivity index (χ1v) is 7.01. The number of aryl methyl sites for hydroxylation is 1. The van der Waals surface area contributed by atoms with E-state index in [-0.39, 0.29) is 17.5 Å². The molecule has 1 aromatic carbocycles. The van der Waals surface area contributed by atoms with Crippen LogP contribution in [0.3, 0.4) is 0 Å². The third kappa shape index (κ3) is 8.37. The Hall–Kier alpha value is -1.36. The number of nitrogens with one attached hydrogen (secondary N) is 1. The quantitative estimate of drug-likeness (QED) is 0.842. The van der Waals surface area contributed by atoms with Crippen LogP contribution in [0.25, 0.3) is 0 Å². The average molecular weight is 285 g/mol. The van der Waals surface area contributed by atoms with E-state index in [1.54, 1.807) is 6.07 Å². The molecule has 0 heterocycles.